The molecule has 31 heavy (non-hydrogen) atoms. The number of hydrogen-bond acceptors (Lipinski definition) is 2. The number of benzene rings is 2. The second-order valence-electron chi connectivity index (χ2n) is 8.41. The van der Waals surface area contributed by atoms with E-state index in [4.69, 9.17) is 11.6 Å². The van der Waals surface area contributed by atoms with E-state index in [2.05, 4.69) is 22.9 Å². The Labute approximate surface area is 187 Å². The molecule has 1 aliphatic heterocycles. The fourth-order valence-electron chi connectivity index (χ4n) is 4.75. The molecule has 5 rings (SSSR count). The number of rotatable bonds is 2. The fraction of sp³-hybridized carbons (Fsp3) is 0.269. The van der Waals surface area contributed by atoms with Gasteiger partial charge in [-0.3, -0.25) is 4.79 Å². The van der Waals surface area contributed by atoms with Crippen LogP contribution in [0.25, 0.3) is 5.57 Å². The molecule has 1 unspecified atom stereocenters. The summed E-state index contributed by atoms with van der Waals surface area (Å²) < 4.78 is 2.18. The third-order valence-corrected chi connectivity index (χ3v) is 6.85. The first kappa shape index (κ1) is 20.1. The van der Waals surface area contributed by atoms with Gasteiger partial charge in [0.15, 0.2) is 0 Å². The molecule has 1 atom stereocenters. The summed E-state index contributed by atoms with van der Waals surface area (Å²) in [6, 6.07) is 17.8. The van der Waals surface area contributed by atoms with Gasteiger partial charge in [0.1, 0.15) is 0 Å². The van der Waals surface area contributed by atoms with Gasteiger partial charge in [-0.2, -0.15) is 0 Å². The quantitative estimate of drug-likeness (QED) is 0.567. The molecule has 2 aliphatic rings. The summed E-state index contributed by atoms with van der Waals surface area (Å²) in [7, 11) is 0. The van der Waals surface area contributed by atoms with E-state index >= 15 is 0 Å². The second kappa shape index (κ2) is 8.03. The lowest BCUT2D eigenvalue weighted by Crippen LogP contribution is -2.30. The normalized spacial score (nSPS) is 18.4. The van der Waals surface area contributed by atoms with Crippen molar-refractivity contribution in [2.45, 2.75) is 45.4 Å². The minimum atomic E-state index is -0.395. The average molecular weight is 433 g/mol. The van der Waals surface area contributed by atoms with Crippen LogP contribution in [0.5, 0.6) is 0 Å². The van der Waals surface area contributed by atoms with Gasteiger partial charge < -0.3 is 14.6 Å². The number of aliphatic hydroxyl groups is 1. The zero-order valence-electron chi connectivity index (χ0n) is 17.5. The highest BCUT2D eigenvalue weighted by atomic mass is 35.5. The van der Waals surface area contributed by atoms with Crippen LogP contribution >= 0.6 is 11.6 Å². The first-order valence-electron chi connectivity index (χ1n) is 10.7. The first-order valence-corrected chi connectivity index (χ1v) is 11.1. The number of amides is 1. The summed E-state index contributed by atoms with van der Waals surface area (Å²) in [6.07, 6.45) is 4.33. The number of allylic oxidation sites excluding steroid dienone is 1. The third kappa shape index (κ3) is 3.60. The zero-order chi connectivity index (χ0) is 21.5. The number of hydrogen-bond donors (Lipinski definition) is 1. The van der Waals surface area contributed by atoms with E-state index < -0.39 is 6.10 Å². The zero-order valence-corrected chi connectivity index (χ0v) is 18.3. The lowest BCUT2D eigenvalue weighted by molar-refractivity contribution is 0.0985. The molecule has 1 amide bonds. The first-order chi connectivity index (χ1) is 15.0. The van der Waals surface area contributed by atoms with Crippen LogP contribution in [0.15, 0.2) is 66.4 Å². The van der Waals surface area contributed by atoms with Crippen LogP contribution in [-0.2, 0) is 13.1 Å². The van der Waals surface area contributed by atoms with Gasteiger partial charge in [-0.15, -0.1) is 0 Å². The molecule has 0 spiro atoms. The van der Waals surface area contributed by atoms with Crippen molar-refractivity contribution in [3.63, 3.8) is 0 Å². The largest absolute Gasteiger partial charge is 0.389 e. The van der Waals surface area contributed by atoms with Gasteiger partial charge in [-0.1, -0.05) is 35.9 Å². The van der Waals surface area contributed by atoms with E-state index in [9.17, 15) is 9.90 Å². The van der Waals surface area contributed by atoms with Crippen molar-refractivity contribution in [2.24, 2.45) is 0 Å². The van der Waals surface area contributed by atoms with Crippen LogP contribution in [-0.4, -0.2) is 21.7 Å². The topological polar surface area (TPSA) is 45.5 Å². The van der Waals surface area contributed by atoms with E-state index in [1.54, 1.807) is 0 Å². The summed E-state index contributed by atoms with van der Waals surface area (Å²) in [5, 5.41) is 10.7. The lowest BCUT2D eigenvalue weighted by atomic mass is 9.86. The molecular weight excluding hydrogens is 408 g/mol. The van der Waals surface area contributed by atoms with Crippen molar-refractivity contribution in [1.29, 1.82) is 0 Å². The Balaban J connectivity index is 1.52. The molecule has 1 N–H and O–H groups in total. The van der Waals surface area contributed by atoms with Crippen LogP contribution in [0, 0.1) is 0 Å². The van der Waals surface area contributed by atoms with Crippen molar-refractivity contribution in [1.82, 2.24) is 4.57 Å². The minimum absolute atomic E-state index is 0.104. The number of carbonyl (C=O) groups excluding carboxylic acids is 1. The number of fused-ring (bicyclic) bond motifs is 2. The van der Waals surface area contributed by atoms with Crippen LogP contribution in [0.1, 0.15) is 53.4 Å². The van der Waals surface area contributed by atoms with Crippen molar-refractivity contribution in [3.8, 4) is 0 Å². The molecule has 3 aromatic rings. The predicted molar refractivity (Wildman–Crippen MR) is 124 cm³/mol. The molecule has 0 radical (unpaired) electrons. The molecule has 1 aromatic heterocycles. The van der Waals surface area contributed by atoms with E-state index in [1.165, 1.54) is 0 Å². The Morgan fingerprint density at radius 1 is 1.10 bits per heavy atom. The number of anilines is 1. The summed E-state index contributed by atoms with van der Waals surface area (Å²) in [5.41, 5.74) is 6.74. The molecule has 0 bridgehead atoms. The highest BCUT2D eigenvalue weighted by molar-refractivity contribution is 6.34. The Morgan fingerprint density at radius 2 is 1.94 bits per heavy atom. The fourth-order valence-corrected chi connectivity index (χ4v) is 5.01. The molecule has 2 aromatic carbocycles. The van der Waals surface area contributed by atoms with Gasteiger partial charge in [0, 0.05) is 24.1 Å². The number of halogens is 1. The Kier molecular flexibility index (Phi) is 5.20. The average Bonchev–Trinajstić information content (AvgIpc) is 3.14. The highest BCUT2D eigenvalue weighted by Gasteiger charge is 2.27. The van der Waals surface area contributed by atoms with Gasteiger partial charge in [0.05, 0.1) is 23.2 Å². The van der Waals surface area contributed by atoms with Crippen LogP contribution in [0.2, 0.25) is 5.02 Å². The number of para-hydroxylation sites is 1. The molecular formula is C26H25ClN2O2. The van der Waals surface area contributed by atoms with Gasteiger partial charge in [0.25, 0.3) is 5.91 Å². The van der Waals surface area contributed by atoms with E-state index in [0.29, 0.717) is 17.1 Å². The van der Waals surface area contributed by atoms with Crippen molar-refractivity contribution in [3.05, 3.63) is 93.8 Å². The van der Waals surface area contributed by atoms with Crippen LogP contribution in [0.3, 0.4) is 0 Å². The van der Waals surface area contributed by atoms with Crippen molar-refractivity contribution >= 4 is 28.8 Å². The summed E-state index contributed by atoms with van der Waals surface area (Å²) in [4.78, 5) is 15.5. The maximum absolute atomic E-state index is 13.7. The predicted octanol–water partition coefficient (Wildman–Crippen LogP) is 5.67. The van der Waals surface area contributed by atoms with E-state index in [0.717, 1.165) is 59.5 Å². The summed E-state index contributed by atoms with van der Waals surface area (Å²) >= 11 is 6.66. The maximum atomic E-state index is 13.7. The number of aromatic nitrogens is 1. The van der Waals surface area contributed by atoms with Gasteiger partial charge in [-0.25, -0.2) is 0 Å². The molecule has 0 saturated heterocycles. The van der Waals surface area contributed by atoms with E-state index in [1.807, 2.05) is 54.3 Å². The highest BCUT2D eigenvalue weighted by Crippen LogP contribution is 2.35. The van der Waals surface area contributed by atoms with Crippen molar-refractivity contribution in [2.75, 3.05) is 4.90 Å². The van der Waals surface area contributed by atoms with E-state index in [-0.39, 0.29) is 5.91 Å². The molecule has 1 aliphatic carbocycles. The minimum Gasteiger partial charge on any atom is -0.389 e. The number of aliphatic hydroxyl groups excluding tert-OH is 1. The maximum Gasteiger partial charge on any atom is 0.260 e. The SMILES string of the molecule is CC1=C(c2ccc(C(=O)N3Cc4cccn4Cc4ccccc43)c(Cl)c2)CCCC1O. The monoisotopic (exact) mass is 432 g/mol. The number of carbonyl (C=O) groups is 1. The number of nitrogens with zero attached hydrogens (tertiary/aromatic N) is 2. The molecule has 0 saturated carbocycles. The van der Waals surface area contributed by atoms with Crippen LogP contribution in [0.4, 0.5) is 5.69 Å². The smallest absolute Gasteiger partial charge is 0.260 e. The molecule has 2 heterocycles. The molecule has 158 valence electrons. The van der Waals surface area contributed by atoms with Crippen molar-refractivity contribution < 1.29 is 9.90 Å². The molecule has 5 heteroatoms. The Bertz CT molecular complexity index is 1190. The van der Waals surface area contributed by atoms with Gasteiger partial charge in [0.2, 0.25) is 0 Å². The summed E-state index contributed by atoms with van der Waals surface area (Å²) in [6.45, 7) is 3.22. The van der Waals surface area contributed by atoms with Gasteiger partial charge >= 0.3 is 0 Å². The second-order valence-corrected chi connectivity index (χ2v) is 8.82. The standard InChI is InChI=1S/C26H25ClN2O2/c1-17-21(8-4-10-25(17)30)18-11-12-22(23(27)14-18)26(31)29-16-20-7-5-13-28(20)15-19-6-2-3-9-24(19)29/h2-3,5-7,9,11-14,25,30H,4,8,10,15-16H2,1H3. The molecule has 0 fully saturated rings. The Hall–Kier alpha value is -2.82. The Morgan fingerprint density at radius 3 is 2.77 bits per heavy atom. The summed E-state index contributed by atoms with van der Waals surface area (Å²) in [5.74, 6) is -0.104. The van der Waals surface area contributed by atoms with Gasteiger partial charge in [-0.05, 0) is 78.8 Å². The third-order valence-electron chi connectivity index (χ3n) is 6.54. The van der Waals surface area contributed by atoms with Crippen LogP contribution < -0.4 is 4.90 Å². The lowest BCUT2D eigenvalue weighted by Gasteiger charge is -2.25. The molecule has 4 nitrogen and oxygen atoms in total.